The van der Waals surface area contributed by atoms with Crippen molar-refractivity contribution in [3.8, 4) is 0 Å². The maximum Gasteiger partial charge on any atom is 0.0843 e. The van der Waals surface area contributed by atoms with Gasteiger partial charge in [-0.2, -0.15) is 4.37 Å². The number of alkyl halides is 1. The van der Waals surface area contributed by atoms with Gasteiger partial charge in [-0.3, -0.25) is 0 Å². The van der Waals surface area contributed by atoms with Crippen LogP contribution in [0.4, 0.5) is 0 Å². The van der Waals surface area contributed by atoms with Gasteiger partial charge in [0.15, 0.2) is 0 Å². The molecule has 3 heteroatoms. The maximum absolute atomic E-state index is 4.30. The molecular formula is C8H6BrNS. The zero-order valence-electron chi connectivity index (χ0n) is 5.75. The zero-order valence-corrected chi connectivity index (χ0v) is 8.15. The van der Waals surface area contributed by atoms with Gasteiger partial charge in [0.25, 0.3) is 0 Å². The van der Waals surface area contributed by atoms with E-state index in [1.165, 1.54) is 10.3 Å². The van der Waals surface area contributed by atoms with Gasteiger partial charge in [0.2, 0.25) is 0 Å². The van der Waals surface area contributed by atoms with Crippen LogP contribution in [0.2, 0.25) is 0 Å². The molecule has 0 aliphatic carbocycles. The molecular weight excluding hydrogens is 222 g/mol. The normalized spacial score (nSPS) is 10.6. The molecule has 1 nitrogen and oxygen atoms in total. The molecule has 0 bridgehead atoms. The molecule has 2 rings (SSSR count). The predicted octanol–water partition coefficient (Wildman–Crippen LogP) is 3.19. The van der Waals surface area contributed by atoms with E-state index in [9.17, 15) is 0 Å². The summed E-state index contributed by atoms with van der Waals surface area (Å²) in [5.41, 5.74) is 1.10. The Labute approximate surface area is 77.3 Å². The lowest BCUT2D eigenvalue weighted by Gasteiger charge is -1.87. The highest BCUT2D eigenvalue weighted by atomic mass is 79.9. The van der Waals surface area contributed by atoms with Crippen molar-refractivity contribution in [3.05, 3.63) is 29.1 Å². The standard InChI is InChI=1S/C8H6BrNS/c9-5-8-6-3-1-2-4-7(6)10-11-8/h1-4H,5H2. The molecule has 1 aromatic carbocycles. The number of aromatic nitrogens is 1. The summed E-state index contributed by atoms with van der Waals surface area (Å²) < 4.78 is 4.30. The highest BCUT2D eigenvalue weighted by molar-refractivity contribution is 9.08. The quantitative estimate of drug-likeness (QED) is 0.683. The Balaban J connectivity index is 2.76. The third-order valence-electron chi connectivity index (χ3n) is 1.58. The molecule has 0 aliphatic rings. The summed E-state index contributed by atoms with van der Waals surface area (Å²) in [4.78, 5) is 1.31. The molecule has 0 unspecified atom stereocenters. The molecule has 0 radical (unpaired) electrons. The Morgan fingerprint density at radius 2 is 2.18 bits per heavy atom. The third kappa shape index (κ3) is 1.19. The van der Waals surface area contributed by atoms with Gasteiger partial charge in [-0.05, 0) is 17.6 Å². The first kappa shape index (κ1) is 7.25. The number of fused-ring (bicyclic) bond motifs is 1. The van der Waals surface area contributed by atoms with E-state index < -0.39 is 0 Å². The van der Waals surface area contributed by atoms with Crippen molar-refractivity contribution in [1.29, 1.82) is 0 Å². The average Bonchev–Trinajstić information content (AvgIpc) is 2.47. The van der Waals surface area contributed by atoms with Crippen molar-refractivity contribution < 1.29 is 0 Å². The molecule has 11 heavy (non-hydrogen) atoms. The van der Waals surface area contributed by atoms with E-state index in [-0.39, 0.29) is 0 Å². The highest BCUT2D eigenvalue weighted by Gasteiger charge is 2.01. The molecule has 56 valence electrons. The fourth-order valence-corrected chi connectivity index (χ4v) is 2.34. The molecule has 0 spiro atoms. The van der Waals surface area contributed by atoms with Gasteiger partial charge in [0.1, 0.15) is 0 Å². The van der Waals surface area contributed by atoms with Crippen LogP contribution in [0.15, 0.2) is 24.3 Å². The van der Waals surface area contributed by atoms with Gasteiger partial charge in [0, 0.05) is 15.6 Å². The number of benzene rings is 1. The fourth-order valence-electron chi connectivity index (χ4n) is 1.04. The monoisotopic (exact) mass is 227 g/mol. The van der Waals surface area contributed by atoms with E-state index in [0.717, 1.165) is 10.8 Å². The second-order valence-electron chi connectivity index (χ2n) is 2.26. The summed E-state index contributed by atoms with van der Waals surface area (Å²) in [5, 5.41) is 2.17. The molecule has 0 fully saturated rings. The summed E-state index contributed by atoms with van der Waals surface area (Å²) in [6.07, 6.45) is 0. The Morgan fingerprint density at radius 3 is 3.00 bits per heavy atom. The minimum absolute atomic E-state index is 0.901. The van der Waals surface area contributed by atoms with E-state index in [1.54, 1.807) is 11.5 Å². The molecule has 0 amide bonds. The van der Waals surface area contributed by atoms with Gasteiger partial charge in [-0.1, -0.05) is 34.1 Å². The Morgan fingerprint density at radius 1 is 1.36 bits per heavy atom. The fraction of sp³-hybridized carbons (Fsp3) is 0.125. The Hall–Kier alpha value is -0.410. The van der Waals surface area contributed by atoms with Crippen LogP contribution in [0.3, 0.4) is 0 Å². The van der Waals surface area contributed by atoms with E-state index in [0.29, 0.717) is 0 Å². The van der Waals surface area contributed by atoms with Gasteiger partial charge in [-0.25, -0.2) is 0 Å². The van der Waals surface area contributed by atoms with Crippen LogP contribution >= 0.6 is 27.5 Å². The summed E-state index contributed by atoms with van der Waals surface area (Å²) in [7, 11) is 0. The molecule has 2 aromatic rings. The van der Waals surface area contributed by atoms with E-state index >= 15 is 0 Å². The van der Waals surface area contributed by atoms with E-state index in [4.69, 9.17) is 0 Å². The van der Waals surface area contributed by atoms with Crippen LogP contribution in [0.1, 0.15) is 4.88 Å². The van der Waals surface area contributed by atoms with Crippen LogP contribution in [0, 0.1) is 0 Å². The van der Waals surface area contributed by atoms with Crippen molar-refractivity contribution in [2.75, 3.05) is 0 Å². The Kier molecular flexibility index (Phi) is 1.92. The number of nitrogens with zero attached hydrogens (tertiary/aromatic N) is 1. The van der Waals surface area contributed by atoms with Gasteiger partial charge >= 0.3 is 0 Å². The Bertz CT molecular complexity index is 369. The van der Waals surface area contributed by atoms with E-state index in [1.807, 2.05) is 18.2 Å². The highest BCUT2D eigenvalue weighted by Crippen LogP contribution is 2.23. The van der Waals surface area contributed by atoms with Crippen LogP contribution in [0.25, 0.3) is 10.9 Å². The summed E-state index contributed by atoms with van der Waals surface area (Å²) in [6.45, 7) is 0. The van der Waals surface area contributed by atoms with Crippen molar-refractivity contribution in [2.45, 2.75) is 5.33 Å². The minimum atomic E-state index is 0.901. The minimum Gasteiger partial charge on any atom is -0.192 e. The smallest absolute Gasteiger partial charge is 0.0843 e. The van der Waals surface area contributed by atoms with Crippen LogP contribution in [0.5, 0.6) is 0 Å². The first-order valence-electron chi connectivity index (χ1n) is 3.31. The predicted molar refractivity (Wildman–Crippen MR) is 52.3 cm³/mol. The van der Waals surface area contributed by atoms with Crippen molar-refractivity contribution in [3.63, 3.8) is 0 Å². The third-order valence-corrected chi connectivity index (χ3v) is 3.38. The summed E-state index contributed by atoms with van der Waals surface area (Å²) in [5.74, 6) is 0. The van der Waals surface area contributed by atoms with Crippen molar-refractivity contribution in [1.82, 2.24) is 4.37 Å². The lowest BCUT2D eigenvalue weighted by molar-refractivity contribution is 1.62. The summed E-state index contributed by atoms with van der Waals surface area (Å²) >= 11 is 4.99. The molecule has 0 atom stereocenters. The second-order valence-corrected chi connectivity index (χ2v) is 3.68. The first-order valence-corrected chi connectivity index (χ1v) is 5.20. The number of halogens is 1. The van der Waals surface area contributed by atoms with Gasteiger partial charge in [-0.15, -0.1) is 0 Å². The van der Waals surface area contributed by atoms with Crippen LogP contribution in [-0.4, -0.2) is 4.37 Å². The maximum atomic E-state index is 4.30. The molecule has 1 heterocycles. The van der Waals surface area contributed by atoms with Gasteiger partial charge in [0.05, 0.1) is 5.52 Å². The first-order chi connectivity index (χ1) is 5.42. The number of hydrogen-bond acceptors (Lipinski definition) is 2. The second kappa shape index (κ2) is 2.91. The van der Waals surface area contributed by atoms with Crippen LogP contribution < -0.4 is 0 Å². The molecule has 0 saturated carbocycles. The number of hydrogen-bond donors (Lipinski definition) is 0. The number of rotatable bonds is 1. The zero-order chi connectivity index (χ0) is 7.68. The van der Waals surface area contributed by atoms with Gasteiger partial charge < -0.3 is 0 Å². The lowest BCUT2D eigenvalue weighted by Crippen LogP contribution is -1.68. The van der Waals surface area contributed by atoms with Crippen LogP contribution in [-0.2, 0) is 5.33 Å². The largest absolute Gasteiger partial charge is 0.192 e. The molecule has 1 aromatic heterocycles. The van der Waals surface area contributed by atoms with E-state index in [2.05, 4.69) is 26.4 Å². The topological polar surface area (TPSA) is 12.9 Å². The summed E-state index contributed by atoms with van der Waals surface area (Å²) in [6, 6.07) is 8.20. The molecule has 0 N–H and O–H groups in total. The SMILES string of the molecule is BrCc1snc2ccccc12. The average molecular weight is 228 g/mol. The van der Waals surface area contributed by atoms with Crippen molar-refractivity contribution in [2.24, 2.45) is 0 Å². The lowest BCUT2D eigenvalue weighted by atomic mass is 10.2. The molecule has 0 saturated heterocycles. The van der Waals surface area contributed by atoms with Crippen molar-refractivity contribution >= 4 is 38.4 Å². The molecule has 0 aliphatic heterocycles.